The number of fused-ring (bicyclic) bond motifs is 2. The standard InChI is InChI=1S/C26H24FN4O/c1-16(26(32)11-22-4-2-17(12-28)13-30-22)31-14-19-8-18(9-20(19)15-31)23-6-7-29-25-5-3-21(27)10-24(23)25/h2-7,10,13-14,16,18-20H,8-9,11,15H2,1H3/q+1/t16?,18-,19-,20+/m1/s1. The maximum atomic E-state index is 13.9. The average Bonchev–Trinajstić information content (AvgIpc) is 3.38. The van der Waals surface area contributed by atoms with Crippen molar-refractivity contribution in [3.63, 3.8) is 0 Å². The van der Waals surface area contributed by atoms with Crippen LogP contribution in [-0.4, -0.2) is 39.1 Å². The highest BCUT2D eigenvalue weighted by atomic mass is 19.1. The van der Waals surface area contributed by atoms with Crippen LogP contribution in [0.15, 0.2) is 48.8 Å². The molecule has 2 aliphatic rings. The SMILES string of the molecule is CC(C(=O)Cc1ccc(C#N)cn1)[N+]1=C[C@H]2C[C@@H](c3ccnc4ccc(F)cc34)C[C@H]2C1. The van der Waals surface area contributed by atoms with Crippen LogP contribution >= 0.6 is 0 Å². The largest absolute Gasteiger partial charge is 0.292 e. The summed E-state index contributed by atoms with van der Waals surface area (Å²) in [5, 5.41) is 9.80. The number of Topliss-reactive ketones (excluding diaryl/α,β-unsaturated/α-hetero) is 1. The summed E-state index contributed by atoms with van der Waals surface area (Å²) in [6.07, 6.45) is 7.87. The van der Waals surface area contributed by atoms with Crippen molar-refractivity contribution in [2.24, 2.45) is 11.8 Å². The van der Waals surface area contributed by atoms with Gasteiger partial charge in [0, 0.05) is 42.2 Å². The molecule has 0 spiro atoms. The molecular weight excluding hydrogens is 403 g/mol. The number of hydrogen-bond donors (Lipinski definition) is 0. The monoisotopic (exact) mass is 427 g/mol. The molecule has 2 aromatic heterocycles. The van der Waals surface area contributed by atoms with E-state index in [1.165, 1.54) is 17.8 Å². The quantitative estimate of drug-likeness (QED) is 0.576. The van der Waals surface area contributed by atoms with Crippen LogP contribution in [0.4, 0.5) is 4.39 Å². The third kappa shape index (κ3) is 3.80. The first kappa shape index (κ1) is 20.4. The first-order chi connectivity index (χ1) is 15.5. The molecule has 0 N–H and O–H groups in total. The van der Waals surface area contributed by atoms with Crippen LogP contribution in [0, 0.1) is 29.0 Å². The zero-order valence-corrected chi connectivity index (χ0v) is 17.9. The van der Waals surface area contributed by atoms with Crippen LogP contribution < -0.4 is 0 Å². The Morgan fingerprint density at radius 2 is 2.12 bits per heavy atom. The molecule has 1 aliphatic heterocycles. The van der Waals surface area contributed by atoms with Gasteiger partial charge in [-0.05, 0) is 60.7 Å². The molecule has 3 aromatic rings. The number of nitrogens with zero attached hydrogens (tertiary/aromatic N) is 4. The van der Waals surface area contributed by atoms with Gasteiger partial charge in [0.05, 0.1) is 17.5 Å². The van der Waals surface area contributed by atoms with Crippen LogP contribution in [0.2, 0.25) is 0 Å². The van der Waals surface area contributed by atoms with Gasteiger partial charge in [-0.15, -0.1) is 0 Å². The normalized spacial score (nSPS) is 22.9. The Kier molecular flexibility index (Phi) is 5.26. The Bertz CT molecular complexity index is 1260. The average molecular weight is 428 g/mol. The molecule has 0 saturated heterocycles. The molecule has 1 unspecified atom stereocenters. The first-order valence-corrected chi connectivity index (χ1v) is 11.0. The lowest BCUT2D eigenvalue weighted by Crippen LogP contribution is -2.33. The molecule has 0 amide bonds. The highest BCUT2D eigenvalue weighted by Gasteiger charge is 2.45. The van der Waals surface area contributed by atoms with Gasteiger partial charge in [-0.3, -0.25) is 14.8 Å². The molecule has 6 heteroatoms. The second-order valence-corrected chi connectivity index (χ2v) is 8.97. The Morgan fingerprint density at radius 3 is 2.88 bits per heavy atom. The van der Waals surface area contributed by atoms with E-state index in [2.05, 4.69) is 20.8 Å². The Hall–Kier alpha value is -3.46. The molecule has 5 rings (SSSR count). The molecule has 1 saturated carbocycles. The molecule has 160 valence electrons. The predicted molar refractivity (Wildman–Crippen MR) is 119 cm³/mol. The molecule has 1 fully saturated rings. The van der Waals surface area contributed by atoms with Crippen molar-refractivity contribution in [2.45, 2.75) is 38.1 Å². The molecule has 1 aliphatic carbocycles. The van der Waals surface area contributed by atoms with E-state index in [9.17, 15) is 9.18 Å². The van der Waals surface area contributed by atoms with Crippen molar-refractivity contribution in [1.29, 1.82) is 5.26 Å². The van der Waals surface area contributed by atoms with E-state index in [4.69, 9.17) is 5.26 Å². The number of aromatic nitrogens is 2. The van der Waals surface area contributed by atoms with E-state index in [1.54, 1.807) is 24.3 Å². The maximum absolute atomic E-state index is 13.9. The number of carbonyl (C=O) groups is 1. The van der Waals surface area contributed by atoms with Crippen molar-refractivity contribution in [3.05, 3.63) is 71.4 Å². The van der Waals surface area contributed by atoms with Gasteiger partial charge in [0.15, 0.2) is 0 Å². The summed E-state index contributed by atoms with van der Waals surface area (Å²) in [6.45, 7) is 2.83. The van der Waals surface area contributed by atoms with Gasteiger partial charge in [0.2, 0.25) is 11.8 Å². The van der Waals surface area contributed by atoms with Gasteiger partial charge < -0.3 is 0 Å². The minimum absolute atomic E-state index is 0.130. The molecule has 0 radical (unpaired) electrons. The summed E-state index contributed by atoms with van der Waals surface area (Å²) < 4.78 is 16.0. The first-order valence-electron chi connectivity index (χ1n) is 11.0. The zero-order valence-electron chi connectivity index (χ0n) is 17.9. The predicted octanol–water partition coefficient (Wildman–Crippen LogP) is 4.05. The van der Waals surface area contributed by atoms with Gasteiger partial charge in [-0.25, -0.2) is 8.97 Å². The van der Waals surface area contributed by atoms with Crippen molar-refractivity contribution in [3.8, 4) is 6.07 Å². The van der Waals surface area contributed by atoms with Crippen molar-refractivity contribution in [2.75, 3.05) is 6.54 Å². The van der Waals surface area contributed by atoms with Crippen LogP contribution in [0.5, 0.6) is 0 Å². The summed E-state index contributed by atoms with van der Waals surface area (Å²) in [5.41, 5.74) is 3.20. The molecule has 1 aromatic carbocycles. The van der Waals surface area contributed by atoms with Gasteiger partial charge in [-0.1, -0.05) is 0 Å². The Morgan fingerprint density at radius 1 is 1.25 bits per heavy atom. The molecule has 3 heterocycles. The fraction of sp³-hybridized carbons (Fsp3) is 0.346. The number of halogens is 1. The number of carbonyl (C=O) groups excluding carboxylic acids is 1. The van der Waals surface area contributed by atoms with Crippen molar-refractivity contribution >= 4 is 22.9 Å². The minimum Gasteiger partial charge on any atom is -0.292 e. The highest BCUT2D eigenvalue weighted by molar-refractivity contribution is 5.85. The Balaban J connectivity index is 1.28. The van der Waals surface area contributed by atoms with Gasteiger partial charge in [0.25, 0.3) is 0 Å². The van der Waals surface area contributed by atoms with E-state index in [0.29, 0.717) is 29.0 Å². The lowest BCUT2D eigenvalue weighted by Gasteiger charge is -2.15. The van der Waals surface area contributed by atoms with Crippen LogP contribution in [0.25, 0.3) is 10.9 Å². The van der Waals surface area contributed by atoms with Gasteiger partial charge in [-0.2, -0.15) is 5.26 Å². The second-order valence-electron chi connectivity index (χ2n) is 8.97. The molecular formula is C26H24FN4O+. The summed E-state index contributed by atoms with van der Waals surface area (Å²) in [5.74, 6) is 1.21. The van der Waals surface area contributed by atoms with Crippen LogP contribution in [0.1, 0.15) is 42.5 Å². The lowest BCUT2D eigenvalue weighted by molar-refractivity contribution is -0.542. The summed E-state index contributed by atoms with van der Waals surface area (Å²) in [7, 11) is 0. The summed E-state index contributed by atoms with van der Waals surface area (Å²) >= 11 is 0. The fourth-order valence-corrected chi connectivity index (χ4v) is 5.27. The number of benzene rings is 1. The molecule has 5 nitrogen and oxygen atoms in total. The van der Waals surface area contributed by atoms with E-state index < -0.39 is 0 Å². The van der Waals surface area contributed by atoms with E-state index >= 15 is 0 Å². The lowest BCUT2D eigenvalue weighted by atomic mass is 9.93. The van der Waals surface area contributed by atoms with Crippen molar-refractivity contribution < 1.29 is 13.8 Å². The maximum Gasteiger partial charge on any atom is 0.207 e. The smallest absolute Gasteiger partial charge is 0.207 e. The van der Waals surface area contributed by atoms with Gasteiger partial charge >= 0.3 is 0 Å². The van der Waals surface area contributed by atoms with Gasteiger partial charge in [0.1, 0.15) is 24.6 Å². The minimum atomic E-state index is -0.230. The third-order valence-corrected chi connectivity index (χ3v) is 7.03. The van der Waals surface area contributed by atoms with Crippen LogP contribution in [0.3, 0.4) is 0 Å². The zero-order chi connectivity index (χ0) is 22.2. The topological polar surface area (TPSA) is 69.7 Å². The second kappa shape index (κ2) is 8.23. The number of pyridine rings is 2. The molecule has 4 atom stereocenters. The van der Waals surface area contributed by atoms with E-state index in [-0.39, 0.29) is 24.1 Å². The van der Waals surface area contributed by atoms with Crippen molar-refractivity contribution in [1.82, 2.24) is 9.97 Å². The summed E-state index contributed by atoms with van der Waals surface area (Å²) in [4.78, 5) is 21.4. The third-order valence-electron chi connectivity index (χ3n) is 7.03. The molecule has 0 bridgehead atoms. The van der Waals surface area contributed by atoms with E-state index in [1.807, 2.05) is 25.3 Å². The summed E-state index contributed by atoms with van der Waals surface area (Å²) in [6, 6.07) is 12.1. The highest BCUT2D eigenvalue weighted by Crippen LogP contribution is 2.45. The van der Waals surface area contributed by atoms with E-state index in [0.717, 1.165) is 30.3 Å². The fourth-order valence-electron chi connectivity index (χ4n) is 5.27. The Labute approximate surface area is 186 Å². The number of hydrogen-bond acceptors (Lipinski definition) is 4. The number of nitriles is 1. The molecule has 32 heavy (non-hydrogen) atoms. The number of rotatable bonds is 5. The van der Waals surface area contributed by atoms with Crippen LogP contribution in [-0.2, 0) is 11.2 Å². The number of ketones is 1.